The summed E-state index contributed by atoms with van der Waals surface area (Å²) in [6.45, 7) is 7.11. The molecule has 0 spiro atoms. The summed E-state index contributed by atoms with van der Waals surface area (Å²) in [6.07, 6.45) is 0.622. The van der Waals surface area contributed by atoms with E-state index in [1.807, 2.05) is 31.2 Å². The number of ether oxygens (including phenoxy) is 1. The van der Waals surface area contributed by atoms with Crippen molar-refractivity contribution in [2.45, 2.75) is 38.1 Å². The smallest absolute Gasteiger partial charge is 0.245 e. The first-order valence-electron chi connectivity index (χ1n) is 7.70. The molecule has 118 valence electrons. The Hall–Kier alpha value is -2.04. The molecule has 2 heterocycles. The molecule has 0 aliphatic carbocycles. The molecule has 3 rings (SSSR count). The van der Waals surface area contributed by atoms with Gasteiger partial charge in [-0.2, -0.15) is 0 Å². The average molecular weight is 302 g/mol. The van der Waals surface area contributed by atoms with Crippen LogP contribution in [0.2, 0.25) is 0 Å². The third-order valence-corrected chi connectivity index (χ3v) is 4.91. The second-order valence-electron chi connectivity index (χ2n) is 6.70. The molecule has 1 unspecified atom stereocenters. The van der Waals surface area contributed by atoms with Gasteiger partial charge in [-0.15, -0.1) is 0 Å². The molecule has 0 saturated carbocycles. The van der Waals surface area contributed by atoms with E-state index < -0.39 is 11.0 Å². The SMILES string of the molecule is CC1(C(=O)N2CCNC(=O)C2(C)C)CCOc2ccccc21. The van der Waals surface area contributed by atoms with E-state index in [-0.39, 0.29) is 11.8 Å². The highest BCUT2D eigenvalue weighted by atomic mass is 16.5. The van der Waals surface area contributed by atoms with E-state index in [0.29, 0.717) is 26.1 Å². The molecule has 2 aliphatic rings. The third kappa shape index (κ3) is 2.07. The molecule has 1 fully saturated rings. The number of para-hydroxylation sites is 1. The van der Waals surface area contributed by atoms with E-state index in [1.165, 1.54) is 0 Å². The van der Waals surface area contributed by atoms with Gasteiger partial charge in [0.2, 0.25) is 11.8 Å². The predicted octanol–water partition coefficient (Wildman–Crippen LogP) is 1.46. The number of fused-ring (bicyclic) bond motifs is 1. The minimum Gasteiger partial charge on any atom is -0.493 e. The number of hydrogen-bond donors (Lipinski definition) is 1. The number of amides is 2. The van der Waals surface area contributed by atoms with Crippen molar-refractivity contribution >= 4 is 11.8 Å². The Balaban J connectivity index is 2.00. The largest absolute Gasteiger partial charge is 0.493 e. The normalized spacial score (nSPS) is 26.7. The molecule has 1 saturated heterocycles. The van der Waals surface area contributed by atoms with Crippen molar-refractivity contribution in [1.29, 1.82) is 0 Å². The number of nitrogens with zero attached hydrogens (tertiary/aromatic N) is 1. The summed E-state index contributed by atoms with van der Waals surface area (Å²) >= 11 is 0. The van der Waals surface area contributed by atoms with Crippen LogP contribution in [0.15, 0.2) is 24.3 Å². The number of nitrogens with one attached hydrogen (secondary N) is 1. The summed E-state index contributed by atoms with van der Waals surface area (Å²) in [5, 5.41) is 2.83. The fourth-order valence-electron chi connectivity index (χ4n) is 3.32. The van der Waals surface area contributed by atoms with Gasteiger partial charge in [-0.25, -0.2) is 0 Å². The van der Waals surface area contributed by atoms with Crippen molar-refractivity contribution in [2.24, 2.45) is 0 Å². The molecule has 1 aromatic rings. The zero-order chi connectivity index (χ0) is 16.0. The predicted molar refractivity (Wildman–Crippen MR) is 82.7 cm³/mol. The summed E-state index contributed by atoms with van der Waals surface area (Å²) in [5.74, 6) is 0.669. The van der Waals surface area contributed by atoms with Gasteiger partial charge < -0.3 is 15.0 Å². The fraction of sp³-hybridized carbons (Fsp3) is 0.529. The Morgan fingerprint density at radius 1 is 1.27 bits per heavy atom. The summed E-state index contributed by atoms with van der Waals surface area (Å²) in [6, 6.07) is 7.68. The van der Waals surface area contributed by atoms with Crippen molar-refractivity contribution in [1.82, 2.24) is 10.2 Å². The summed E-state index contributed by atoms with van der Waals surface area (Å²) in [7, 11) is 0. The van der Waals surface area contributed by atoms with Crippen molar-refractivity contribution in [2.75, 3.05) is 19.7 Å². The van der Waals surface area contributed by atoms with Gasteiger partial charge in [0.15, 0.2) is 0 Å². The summed E-state index contributed by atoms with van der Waals surface area (Å²) in [5.41, 5.74) is -0.567. The number of carbonyl (C=O) groups excluding carboxylic acids is 2. The van der Waals surface area contributed by atoms with E-state index in [9.17, 15) is 9.59 Å². The van der Waals surface area contributed by atoms with Crippen LogP contribution < -0.4 is 10.1 Å². The van der Waals surface area contributed by atoms with Gasteiger partial charge in [0, 0.05) is 18.7 Å². The Morgan fingerprint density at radius 2 is 2.00 bits per heavy atom. The van der Waals surface area contributed by atoms with Crippen LogP contribution in [0.1, 0.15) is 32.8 Å². The molecule has 2 aliphatic heterocycles. The van der Waals surface area contributed by atoms with Crippen LogP contribution in [0.5, 0.6) is 5.75 Å². The first-order chi connectivity index (χ1) is 10.4. The molecular weight excluding hydrogens is 280 g/mol. The lowest BCUT2D eigenvalue weighted by Gasteiger charge is -2.46. The molecule has 1 atom stereocenters. The Labute approximate surface area is 130 Å². The maximum Gasteiger partial charge on any atom is 0.245 e. The lowest BCUT2D eigenvalue weighted by atomic mass is 9.75. The highest BCUT2D eigenvalue weighted by Gasteiger charge is 2.49. The van der Waals surface area contributed by atoms with Crippen LogP contribution in [0, 0.1) is 0 Å². The maximum absolute atomic E-state index is 13.3. The number of benzene rings is 1. The van der Waals surface area contributed by atoms with Gasteiger partial charge in [-0.05, 0) is 33.3 Å². The number of piperazine rings is 1. The monoisotopic (exact) mass is 302 g/mol. The van der Waals surface area contributed by atoms with E-state index in [0.717, 1.165) is 11.3 Å². The van der Waals surface area contributed by atoms with Gasteiger partial charge >= 0.3 is 0 Å². The van der Waals surface area contributed by atoms with E-state index in [4.69, 9.17) is 4.74 Å². The second-order valence-corrected chi connectivity index (χ2v) is 6.70. The highest BCUT2D eigenvalue weighted by Crippen LogP contribution is 2.41. The first-order valence-corrected chi connectivity index (χ1v) is 7.70. The topological polar surface area (TPSA) is 58.6 Å². The zero-order valence-corrected chi connectivity index (χ0v) is 13.3. The molecule has 5 nitrogen and oxygen atoms in total. The van der Waals surface area contributed by atoms with Crippen LogP contribution in [-0.4, -0.2) is 41.9 Å². The number of hydrogen-bond acceptors (Lipinski definition) is 3. The van der Waals surface area contributed by atoms with Crippen LogP contribution in [0.25, 0.3) is 0 Å². The van der Waals surface area contributed by atoms with Crippen LogP contribution in [0.4, 0.5) is 0 Å². The lowest BCUT2D eigenvalue weighted by Crippen LogP contribution is -2.66. The maximum atomic E-state index is 13.3. The quantitative estimate of drug-likeness (QED) is 0.854. The molecule has 2 amide bonds. The summed E-state index contributed by atoms with van der Waals surface area (Å²) < 4.78 is 5.68. The molecule has 5 heteroatoms. The Bertz CT molecular complexity index is 626. The van der Waals surface area contributed by atoms with Crippen LogP contribution in [-0.2, 0) is 15.0 Å². The van der Waals surface area contributed by atoms with Gasteiger partial charge in [0.1, 0.15) is 11.3 Å². The minimum absolute atomic E-state index is 0.00287. The van der Waals surface area contributed by atoms with Gasteiger partial charge in [0.25, 0.3) is 0 Å². The average Bonchev–Trinajstić information content (AvgIpc) is 2.50. The second kappa shape index (κ2) is 5.00. The van der Waals surface area contributed by atoms with Crippen LogP contribution >= 0.6 is 0 Å². The molecule has 0 radical (unpaired) electrons. The van der Waals surface area contributed by atoms with Crippen molar-refractivity contribution in [3.05, 3.63) is 29.8 Å². The van der Waals surface area contributed by atoms with Gasteiger partial charge in [0.05, 0.1) is 12.0 Å². The van der Waals surface area contributed by atoms with E-state index in [1.54, 1.807) is 18.7 Å². The Morgan fingerprint density at radius 3 is 2.77 bits per heavy atom. The molecular formula is C17H22N2O3. The summed E-state index contributed by atoms with van der Waals surface area (Å²) in [4.78, 5) is 27.1. The first kappa shape index (κ1) is 14.9. The van der Waals surface area contributed by atoms with Gasteiger partial charge in [-0.3, -0.25) is 9.59 Å². The zero-order valence-electron chi connectivity index (χ0n) is 13.3. The highest BCUT2D eigenvalue weighted by molar-refractivity contribution is 5.96. The standard InChI is InChI=1S/C17H22N2O3/c1-16(2)14(20)18-9-10-19(16)15(21)17(3)8-11-22-13-7-5-4-6-12(13)17/h4-7H,8-11H2,1-3H3,(H,18,20). The Kier molecular flexibility index (Phi) is 3.38. The van der Waals surface area contributed by atoms with Gasteiger partial charge in [-0.1, -0.05) is 18.2 Å². The molecule has 1 N–H and O–H groups in total. The number of rotatable bonds is 1. The lowest BCUT2D eigenvalue weighted by molar-refractivity contribution is -0.153. The molecule has 0 aromatic heterocycles. The molecule has 22 heavy (non-hydrogen) atoms. The minimum atomic E-state index is -0.828. The number of carbonyl (C=O) groups is 2. The van der Waals surface area contributed by atoms with Crippen molar-refractivity contribution < 1.29 is 14.3 Å². The van der Waals surface area contributed by atoms with Crippen molar-refractivity contribution in [3.63, 3.8) is 0 Å². The van der Waals surface area contributed by atoms with Crippen LogP contribution in [0.3, 0.4) is 0 Å². The fourth-order valence-corrected chi connectivity index (χ4v) is 3.32. The van der Waals surface area contributed by atoms with E-state index in [2.05, 4.69) is 5.32 Å². The molecule has 0 bridgehead atoms. The van der Waals surface area contributed by atoms with E-state index >= 15 is 0 Å². The van der Waals surface area contributed by atoms with Crippen molar-refractivity contribution in [3.8, 4) is 5.75 Å². The third-order valence-electron chi connectivity index (χ3n) is 4.91. The molecule has 1 aromatic carbocycles.